The van der Waals surface area contributed by atoms with Crippen LogP contribution in [-0.2, 0) is 0 Å². The number of benzene rings is 1. The molecule has 2 aromatic heterocycles. The maximum absolute atomic E-state index is 12.2. The first-order valence-electron chi connectivity index (χ1n) is 8.72. The number of anilines is 1. The van der Waals surface area contributed by atoms with Crippen LogP contribution in [0.15, 0.2) is 59.8 Å². The number of pyridine rings is 1. The van der Waals surface area contributed by atoms with Crippen molar-refractivity contribution >= 4 is 11.6 Å². The van der Waals surface area contributed by atoms with Crippen LogP contribution < -0.4 is 16.2 Å². The average Bonchev–Trinajstić information content (AvgIpc) is 2.69. The van der Waals surface area contributed by atoms with E-state index in [2.05, 4.69) is 25.6 Å². The van der Waals surface area contributed by atoms with Crippen molar-refractivity contribution in [2.24, 2.45) is 0 Å². The lowest BCUT2D eigenvalue weighted by molar-refractivity contribution is 0.0951. The molecule has 1 amide bonds. The van der Waals surface area contributed by atoms with Gasteiger partial charge >= 0.3 is 0 Å². The lowest BCUT2D eigenvalue weighted by atomic mass is 10.1. The molecule has 0 saturated heterocycles. The van der Waals surface area contributed by atoms with Crippen molar-refractivity contribution in [3.8, 4) is 11.4 Å². The number of aryl methyl sites for hydroxylation is 1. The fraction of sp³-hybridized carbons (Fsp3) is 0.200. The Morgan fingerprint density at radius 3 is 2.63 bits per heavy atom. The van der Waals surface area contributed by atoms with Crippen LogP contribution in [0, 0.1) is 6.92 Å². The summed E-state index contributed by atoms with van der Waals surface area (Å²) < 4.78 is 0. The van der Waals surface area contributed by atoms with Crippen molar-refractivity contribution in [3.05, 3.63) is 76.5 Å². The monoisotopic (exact) mass is 363 g/mol. The summed E-state index contributed by atoms with van der Waals surface area (Å²) in [7, 11) is 0. The van der Waals surface area contributed by atoms with E-state index < -0.39 is 11.5 Å². The maximum Gasteiger partial charge on any atom is 0.264 e. The molecular formula is C20H21N5O2. The number of aromatic nitrogens is 3. The standard InChI is InChI=1S/C20H21N5O2/c1-14-5-7-15(8-6-14)18-24-13-17(20(27)25-18)19(26)23-11-3-10-22-16-4-2-9-21-12-16/h2,4-9,12-13,22H,3,10-11H2,1H3,(H,23,26)(H,24,25,27). The highest BCUT2D eigenvalue weighted by Crippen LogP contribution is 2.13. The van der Waals surface area contributed by atoms with Crippen LogP contribution in [0.25, 0.3) is 11.4 Å². The number of aromatic amines is 1. The Bertz CT molecular complexity index is 952. The minimum atomic E-state index is -0.452. The highest BCUT2D eigenvalue weighted by molar-refractivity contribution is 5.93. The van der Waals surface area contributed by atoms with Gasteiger partial charge in [0.25, 0.3) is 11.5 Å². The van der Waals surface area contributed by atoms with Gasteiger partial charge in [0.2, 0.25) is 0 Å². The minimum absolute atomic E-state index is 0.00563. The quantitative estimate of drug-likeness (QED) is 0.560. The van der Waals surface area contributed by atoms with Crippen molar-refractivity contribution in [1.29, 1.82) is 0 Å². The van der Waals surface area contributed by atoms with Crippen molar-refractivity contribution in [2.45, 2.75) is 13.3 Å². The van der Waals surface area contributed by atoms with Crippen molar-refractivity contribution in [3.63, 3.8) is 0 Å². The highest BCUT2D eigenvalue weighted by Gasteiger charge is 2.12. The fourth-order valence-corrected chi connectivity index (χ4v) is 2.50. The molecule has 3 aromatic rings. The minimum Gasteiger partial charge on any atom is -0.384 e. The zero-order valence-electron chi connectivity index (χ0n) is 15.0. The summed E-state index contributed by atoms with van der Waals surface area (Å²) in [5.41, 5.74) is 2.40. The third kappa shape index (κ3) is 5.01. The highest BCUT2D eigenvalue weighted by atomic mass is 16.2. The molecule has 2 heterocycles. The molecule has 3 rings (SSSR count). The summed E-state index contributed by atoms with van der Waals surface area (Å²) in [6.45, 7) is 3.12. The number of hydrogen-bond donors (Lipinski definition) is 3. The van der Waals surface area contributed by atoms with Gasteiger partial charge in [0.05, 0.1) is 5.69 Å². The predicted molar refractivity (Wildman–Crippen MR) is 105 cm³/mol. The van der Waals surface area contributed by atoms with E-state index in [4.69, 9.17) is 0 Å². The number of carbonyl (C=O) groups excluding carboxylic acids is 1. The molecule has 3 N–H and O–H groups in total. The lowest BCUT2D eigenvalue weighted by Crippen LogP contribution is -2.31. The number of rotatable bonds is 7. The first-order valence-corrected chi connectivity index (χ1v) is 8.72. The van der Waals surface area contributed by atoms with Gasteiger partial charge in [-0.25, -0.2) is 4.98 Å². The summed E-state index contributed by atoms with van der Waals surface area (Å²) in [6.07, 6.45) is 5.48. The summed E-state index contributed by atoms with van der Waals surface area (Å²) in [5, 5.41) is 5.94. The number of nitrogens with zero attached hydrogens (tertiary/aromatic N) is 2. The van der Waals surface area contributed by atoms with Crippen molar-refractivity contribution in [2.75, 3.05) is 18.4 Å². The van der Waals surface area contributed by atoms with Crippen molar-refractivity contribution < 1.29 is 4.79 Å². The van der Waals surface area contributed by atoms with E-state index in [-0.39, 0.29) is 5.56 Å². The van der Waals surface area contributed by atoms with Gasteiger partial charge in [-0.2, -0.15) is 0 Å². The molecule has 0 aliphatic rings. The molecule has 0 spiro atoms. The van der Waals surface area contributed by atoms with E-state index in [1.165, 1.54) is 6.20 Å². The van der Waals surface area contributed by atoms with Gasteiger partial charge < -0.3 is 15.6 Å². The molecule has 7 heteroatoms. The van der Waals surface area contributed by atoms with Crippen LogP contribution >= 0.6 is 0 Å². The van der Waals surface area contributed by atoms with E-state index in [9.17, 15) is 9.59 Å². The van der Waals surface area contributed by atoms with E-state index in [0.717, 1.165) is 16.8 Å². The lowest BCUT2D eigenvalue weighted by Gasteiger charge is -2.07. The molecular weight excluding hydrogens is 342 g/mol. The van der Waals surface area contributed by atoms with Gasteiger partial charge in [-0.15, -0.1) is 0 Å². The molecule has 0 aliphatic heterocycles. The van der Waals surface area contributed by atoms with Gasteiger partial charge in [0.1, 0.15) is 11.4 Å². The zero-order chi connectivity index (χ0) is 19.1. The van der Waals surface area contributed by atoms with E-state index in [0.29, 0.717) is 25.3 Å². The largest absolute Gasteiger partial charge is 0.384 e. The van der Waals surface area contributed by atoms with Gasteiger partial charge in [0.15, 0.2) is 0 Å². The van der Waals surface area contributed by atoms with Crippen LogP contribution in [0.2, 0.25) is 0 Å². The second kappa shape index (κ2) is 8.75. The summed E-state index contributed by atoms with van der Waals surface area (Å²) >= 11 is 0. The molecule has 0 atom stereocenters. The van der Waals surface area contributed by atoms with Gasteiger partial charge in [-0.05, 0) is 25.5 Å². The summed E-state index contributed by atoms with van der Waals surface area (Å²) in [4.78, 5) is 35.3. The van der Waals surface area contributed by atoms with E-state index >= 15 is 0 Å². The SMILES string of the molecule is Cc1ccc(-c2ncc(C(=O)NCCCNc3cccnc3)c(=O)[nH]2)cc1. The van der Waals surface area contributed by atoms with E-state index in [1.54, 1.807) is 12.4 Å². The van der Waals surface area contributed by atoms with Gasteiger partial charge in [-0.1, -0.05) is 29.8 Å². The molecule has 27 heavy (non-hydrogen) atoms. The third-order valence-electron chi connectivity index (χ3n) is 4.00. The molecule has 0 bridgehead atoms. The van der Waals surface area contributed by atoms with Crippen LogP contribution in [0.3, 0.4) is 0 Å². The molecule has 7 nitrogen and oxygen atoms in total. The first-order chi connectivity index (χ1) is 13.1. The van der Waals surface area contributed by atoms with Crippen LogP contribution in [0.1, 0.15) is 22.3 Å². The smallest absolute Gasteiger partial charge is 0.264 e. The Balaban J connectivity index is 1.52. The fourth-order valence-electron chi connectivity index (χ4n) is 2.50. The molecule has 138 valence electrons. The molecule has 0 saturated carbocycles. The Kier molecular flexibility index (Phi) is 5.94. The van der Waals surface area contributed by atoms with E-state index in [1.807, 2.05) is 43.3 Å². The summed E-state index contributed by atoms with van der Waals surface area (Å²) in [5.74, 6) is 0.0119. The van der Waals surface area contributed by atoms with Crippen LogP contribution in [0.4, 0.5) is 5.69 Å². The Labute approximate surface area is 156 Å². The maximum atomic E-state index is 12.2. The second-order valence-electron chi connectivity index (χ2n) is 6.12. The van der Waals surface area contributed by atoms with Crippen molar-refractivity contribution in [1.82, 2.24) is 20.3 Å². The number of carbonyl (C=O) groups is 1. The Hall–Kier alpha value is -3.48. The summed E-state index contributed by atoms with van der Waals surface area (Å²) in [6, 6.07) is 11.4. The number of H-pyrrole nitrogens is 1. The van der Waals surface area contributed by atoms with Gasteiger partial charge in [-0.3, -0.25) is 14.6 Å². The second-order valence-corrected chi connectivity index (χ2v) is 6.12. The van der Waals surface area contributed by atoms with Crippen LogP contribution in [0.5, 0.6) is 0 Å². The number of amides is 1. The molecule has 1 aromatic carbocycles. The molecule has 0 unspecified atom stereocenters. The average molecular weight is 363 g/mol. The molecule has 0 fully saturated rings. The zero-order valence-corrected chi connectivity index (χ0v) is 15.0. The normalized spacial score (nSPS) is 10.4. The number of nitrogens with one attached hydrogen (secondary N) is 3. The number of hydrogen-bond acceptors (Lipinski definition) is 5. The van der Waals surface area contributed by atoms with Gasteiger partial charge in [0, 0.05) is 37.2 Å². The predicted octanol–water partition coefficient (Wildman–Crippen LogP) is 2.37. The van der Waals surface area contributed by atoms with Crippen LogP contribution in [-0.4, -0.2) is 33.9 Å². The Morgan fingerprint density at radius 1 is 1.11 bits per heavy atom. The topological polar surface area (TPSA) is 99.8 Å². The molecule has 0 aliphatic carbocycles. The Morgan fingerprint density at radius 2 is 1.93 bits per heavy atom. The molecule has 0 radical (unpaired) electrons. The first kappa shape index (κ1) is 18.3. The third-order valence-corrected chi connectivity index (χ3v) is 4.00.